The van der Waals surface area contributed by atoms with E-state index in [1.54, 1.807) is 6.92 Å². The van der Waals surface area contributed by atoms with Gasteiger partial charge >= 0.3 is 6.18 Å². The first-order valence-electron chi connectivity index (χ1n) is 6.44. The summed E-state index contributed by atoms with van der Waals surface area (Å²) in [5.41, 5.74) is -1.44. The molecular weight excluding hydrogens is 294 g/mol. The minimum atomic E-state index is -4.38. The molecule has 0 bridgehead atoms. The topological polar surface area (TPSA) is 3.24 Å². The first-order chi connectivity index (χ1) is 9.17. The molecule has 0 unspecified atom stereocenters. The molecule has 1 aromatic carbocycles. The lowest BCUT2D eigenvalue weighted by Crippen LogP contribution is -2.39. The van der Waals surface area contributed by atoms with Gasteiger partial charge in [-0.2, -0.15) is 13.2 Å². The third kappa shape index (κ3) is 3.85. The third-order valence-electron chi connectivity index (χ3n) is 3.67. The molecule has 1 aromatic rings. The van der Waals surface area contributed by atoms with E-state index in [2.05, 4.69) is 0 Å². The number of halogens is 5. The molecule has 1 aliphatic heterocycles. The maximum absolute atomic E-state index is 13.7. The van der Waals surface area contributed by atoms with Crippen molar-refractivity contribution in [2.45, 2.75) is 38.2 Å². The van der Waals surface area contributed by atoms with Crippen LogP contribution in [0.4, 0.5) is 17.6 Å². The third-order valence-corrected chi connectivity index (χ3v) is 4.03. The van der Waals surface area contributed by atoms with Crippen molar-refractivity contribution in [3.05, 3.63) is 34.3 Å². The highest BCUT2D eigenvalue weighted by Gasteiger charge is 2.32. The average molecular weight is 310 g/mol. The number of rotatable bonds is 2. The van der Waals surface area contributed by atoms with E-state index < -0.39 is 17.4 Å². The van der Waals surface area contributed by atoms with Crippen LogP contribution in [0.2, 0.25) is 5.02 Å². The van der Waals surface area contributed by atoms with Crippen molar-refractivity contribution in [2.75, 3.05) is 13.1 Å². The summed E-state index contributed by atoms with van der Waals surface area (Å²) in [6.07, 6.45) is -3.59. The molecule has 0 atom stereocenters. The summed E-state index contributed by atoms with van der Waals surface area (Å²) in [6, 6.07) is 3.31. The number of hydrogen-bond acceptors (Lipinski definition) is 1. The Balaban J connectivity index is 2.10. The van der Waals surface area contributed by atoms with E-state index in [0.29, 0.717) is 43.1 Å². The quantitative estimate of drug-likeness (QED) is 0.717. The standard InChI is InChI=1S/C14H16ClF4N/c1-13(16)4-6-20(7-5-13)9-10-8-11(14(17,18)19)2-3-12(10)15/h2-3,8H,4-7,9H2,1H3. The van der Waals surface area contributed by atoms with Gasteiger partial charge in [-0.1, -0.05) is 11.6 Å². The summed E-state index contributed by atoms with van der Waals surface area (Å²) < 4.78 is 51.7. The van der Waals surface area contributed by atoms with Gasteiger partial charge in [0.05, 0.1) is 5.56 Å². The molecule has 0 saturated carbocycles. The van der Waals surface area contributed by atoms with Gasteiger partial charge in [-0.3, -0.25) is 4.90 Å². The van der Waals surface area contributed by atoms with Gasteiger partial charge in [-0.15, -0.1) is 0 Å². The molecule has 0 N–H and O–H groups in total. The van der Waals surface area contributed by atoms with Gasteiger partial charge in [0, 0.05) is 24.7 Å². The van der Waals surface area contributed by atoms with Gasteiger partial charge in [0.15, 0.2) is 0 Å². The largest absolute Gasteiger partial charge is 0.416 e. The van der Waals surface area contributed by atoms with Gasteiger partial charge in [0.2, 0.25) is 0 Å². The Morgan fingerprint density at radius 1 is 1.25 bits per heavy atom. The molecule has 0 spiro atoms. The Kier molecular flexibility index (Phi) is 4.30. The van der Waals surface area contributed by atoms with Gasteiger partial charge < -0.3 is 0 Å². The molecule has 1 fully saturated rings. The molecule has 0 amide bonds. The summed E-state index contributed by atoms with van der Waals surface area (Å²) in [5.74, 6) is 0. The number of hydrogen-bond donors (Lipinski definition) is 0. The van der Waals surface area contributed by atoms with Crippen LogP contribution in [0.1, 0.15) is 30.9 Å². The molecular formula is C14H16ClF4N. The lowest BCUT2D eigenvalue weighted by molar-refractivity contribution is -0.137. The van der Waals surface area contributed by atoms with Gasteiger partial charge in [-0.05, 0) is 43.5 Å². The van der Waals surface area contributed by atoms with E-state index in [9.17, 15) is 17.6 Å². The van der Waals surface area contributed by atoms with Gasteiger partial charge in [-0.25, -0.2) is 4.39 Å². The Bertz CT molecular complexity index is 475. The minimum Gasteiger partial charge on any atom is -0.299 e. The van der Waals surface area contributed by atoms with Crippen molar-refractivity contribution >= 4 is 11.6 Å². The zero-order valence-corrected chi connectivity index (χ0v) is 11.9. The lowest BCUT2D eigenvalue weighted by Gasteiger charge is -2.34. The van der Waals surface area contributed by atoms with Crippen LogP contribution in [0.5, 0.6) is 0 Å². The summed E-state index contributed by atoms with van der Waals surface area (Å²) in [4.78, 5) is 1.93. The summed E-state index contributed by atoms with van der Waals surface area (Å²) >= 11 is 5.95. The fourth-order valence-corrected chi connectivity index (χ4v) is 2.47. The molecule has 2 rings (SSSR count). The Morgan fingerprint density at radius 2 is 1.85 bits per heavy atom. The predicted molar refractivity (Wildman–Crippen MR) is 70.5 cm³/mol. The first kappa shape index (κ1) is 15.6. The molecule has 1 heterocycles. The SMILES string of the molecule is CC1(F)CCN(Cc2cc(C(F)(F)F)ccc2Cl)CC1. The van der Waals surface area contributed by atoms with Crippen molar-refractivity contribution in [2.24, 2.45) is 0 Å². The molecule has 0 aromatic heterocycles. The smallest absolute Gasteiger partial charge is 0.299 e. The van der Waals surface area contributed by atoms with Crippen LogP contribution in [0.3, 0.4) is 0 Å². The van der Waals surface area contributed by atoms with E-state index in [1.165, 1.54) is 6.07 Å². The highest BCUT2D eigenvalue weighted by Crippen LogP contribution is 2.33. The molecule has 1 nitrogen and oxygen atoms in total. The van der Waals surface area contributed by atoms with Crippen LogP contribution in [-0.4, -0.2) is 23.7 Å². The van der Waals surface area contributed by atoms with Crippen molar-refractivity contribution in [3.63, 3.8) is 0 Å². The number of alkyl halides is 4. The van der Waals surface area contributed by atoms with E-state index >= 15 is 0 Å². The molecule has 6 heteroatoms. The fourth-order valence-electron chi connectivity index (χ4n) is 2.29. The van der Waals surface area contributed by atoms with Crippen LogP contribution in [0.25, 0.3) is 0 Å². The Labute approximate surface area is 120 Å². The summed E-state index contributed by atoms with van der Waals surface area (Å²) in [7, 11) is 0. The Morgan fingerprint density at radius 3 is 2.40 bits per heavy atom. The van der Waals surface area contributed by atoms with Crippen LogP contribution < -0.4 is 0 Å². The second-order valence-electron chi connectivity index (χ2n) is 5.49. The first-order valence-corrected chi connectivity index (χ1v) is 6.82. The summed E-state index contributed by atoms with van der Waals surface area (Å²) in [5, 5.41) is 0.312. The molecule has 112 valence electrons. The van der Waals surface area contributed by atoms with E-state index in [1.807, 2.05) is 4.90 Å². The predicted octanol–water partition coefficient (Wildman–Crippen LogP) is 4.68. The highest BCUT2D eigenvalue weighted by molar-refractivity contribution is 6.31. The molecule has 0 aliphatic carbocycles. The van der Waals surface area contributed by atoms with Crippen molar-refractivity contribution in [3.8, 4) is 0 Å². The molecule has 1 aliphatic rings. The number of nitrogens with zero attached hydrogens (tertiary/aromatic N) is 1. The van der Waals surface area contributed by atoms with Crippen LogP contribution in [-0.2, 0) is 12.7 Å². The second kappa shape index (κ2) is 5.53. The number of piperidine rings is 1. The van der Waals surface area contributed by atoms with E-state index in [4.69, 9.17) is 11.6 Å². The van der Waals surface area contributed by atoms with Crippen molar-refractivity contribution < 1.29 is 17.6 Å². The summed E-state index contributed by atoms with van der Waals surface area (Å²) in [6.45, 7) is 2.93. The molecule has 20 heavy (non-hydrogen) atoms. The second-order valence-corrected chi connectivity index (χ2v) is 5.90. The lowest BCUT2D eigenvalue weighted by atomic mass is 9.95. The van der Waals surface area contributed by atoms with Gasteiger partial charge in [0.1, 0.15) is 5.67 Å². The van der Waals surface area contributed by atoms with Gasteiger partial charge in [0.25, 0.3) is 0 Å². The highest BCUT2D eigenvalue weighted by atomic mass is 35.5. The average Bonchev–Trinajstić information content (AvgIpc) is 2.33. The molecule has 1 saturated heterocycles. The zero-order valence-electron chi connectivity index (χ0n) is 11.1. The minimum absolute atomic E-state index is 0.312. The fraction of sp³-hybridized carbons (Fsp3) is 0.571. The zero-order chi connectivity index (χ0) is 15.0. The van der Waals surface area contributed by atoms with Crippen LogP contribution in [0, 0.1) is 0 Å². The van der Waals surface area contributed by atoms with Crippen LogP contribution in [0.15, 0.2) is 18.2 Å². The van der Waals surface area contributed by atoms with E-state index in [0.717, 1.165) is 12.1 Å². The monoisotopic (exact) mass is 309 g/mol. The van der Waals surface area contributed by atoms with Crippen molar-refractivity contribution in [1.29, 1.82) is 0 Å². The number of likely N-dealkylation sites (tertiary alicyclic amines) is 1. The maximum atomic E-state index is 13.7. The molecule has 0 radical (unpaired) electrons. The van der Waals surface area contributed by atoms with E-state index in [-0.39, 0.29) is 0 Å². The maximum Gasteiger partial charge on any atom is 0.416 e. The normalized spacial score (nSPS) is 20.1. The Hall–Kier alpha value is -0.810. The van der Waals surface area contributed by atoms with Crippen LogP contribution >= 0.6 is 11.6 Å². The van der Waals surface area contributed by atoms with Crippen molar-refractivity contribution in [1.82, 2.24) is 4.90 Å². The number of benzene rings is 1.